The summed E-state index contributed by atoms with van der Waals surface area (Å²) in [5.74, 6) is 0.253. The van der Waals surface area contributed by atoms with E-state index < -0.39 is 24.0 Å². The average molecular weight is 748 g/mol. The minimum atomic E-state index is -0.957. The Bertz CT molecular complexity index is 1690. The fraction of sp³-hybridized carbons (Fsp3) is 0.206. The molecule has 0 bridgehead atoms. The molecule has 0 radical (unpaired) electrons. The summed E-state index contributed by atoms with van der Waals surface area (Å²) in [7, 11) is 0. The van der Waals surface area contributed by atoms with Crippen LogP contribution in [0.5, 0.6) is 17.2 Å². The summed E-state index contributed by atoms with van der Waals surface area (Å²) in [6.07, 6.45) is 0.736. The lowest BCUT2D eigenvalue weighted by molar-refractivity contribution is -0.132. The van der Waals surface area contributed by atoms with Crippen molar-refractivity contribution in [3.8, 4) is 17.2 Å². The number of nitrogens with one attached hydrogen (secondary N) is 2. The van der Waals surface area contributed by atoms with Crippen LogP contribution < -0.4 is 25.0 Å². The number of rotatable bonds is 14. The van der Waals surface area contributed by atoms with Gasteiger partial charge in [0.15, 0.2) is 17.6 Å². The fourth-order valence-electron chi connectivity index (χ4n) is 4.24. The van der Waals surface area contributed by atoms with Crippen LogP contribution in [0.2, 0.25) is 15.1 Å². The summed E-state index contributed by atoms with van der Waals surface area (Å²) in [6.45, 7) is 4.07. The fourth-order valence-corrected chi connectivity index (χ4v) is 5.46. The Morgan fingerprint density at radius 3 is 2.35 bits per heavy atom. The summed E-state index contributed by atoms with van der Waals surface area (Å²) >= 11 is 22.0. The Hall–Kier alpha value is -3.76. The van der Waals surface area contributed by atoms with Gasteiger partial charge in [-0.15, -0.1) is 0 Å². The number of benzene rings is 4. The number of carbonyl (C=O) groups excluding carboxylic acids is 2. The predicted octanol–water partition coefficient (Wildman–Crippen LogP) is 8.03. The van der Waals surface area contributed by atoms with E-state index in [9.17, 15) is 9.59 Å². The summed E-state index contributed by atoms with van der Waals surface area (Å²) in [4.78, 5) is 26.4. The largest absolute Gasteiger partial charge is 0.490 e. The van der Waals surface area contributed by atoms with Crippen LogP contribution in [-0.2, 0) is 22.6 Å². The first-order valence-electron chi connectivity index (χ1n) is 14.3. The van der Waals surface area contributed by atoms with E-state index in [2.05, 4.69) is 31.8 Å². The normalized spacial score (nSPS) is 12.3. The number of hydrogen-bond acceptors (Lipinski definition) is 6. The summed E-state index contributed by atoms with van der Waals surface area (Å²) in [6, 6.07) is 24.0. The van der Waals surface area contributed by atoms with Gasteiger partial charge < -0.3 is 19.5 Å². The second-order valence-corrected chi connectivity index (χ2v) is 12.1. The van der Waals surface area contributed by atoms with Crippen molar-refractivity contribution in [3.05, 3.63) is 121 Å². The van der Waals surface area contributed by atoms with Gasteiger partial charge >= 0.3 is 0 Å². The van der Waals surface area contributed by atoms with Crippen LogP contribution in [0.15, 0.2) is 94.5 Å². The van der Waals surface area contributed by atoms with E-state index in [4.69, 9.17) is 49.0 Å². The van der Waals surface area contributed by atoms with Crippen LogP contribution in [0.25, 0.3) is 0 Å². The first kappa shape index (κ1) is 35.1. The van der Waals surface area contributed by atoms with Crippen LogP contribution in [0.4, 0.5) is 0 Å². The molecule has 0 aromatic heterocycles. The molecule has 240 valence electrons. The number of hydrazone groups is 1. The highest BCUT2D eigenvalue weighted by atomic mass is 79.9. The lowest BCUT2D eigenvalue weighted by Crippen LogP contribution is -2.50. The van der Waals surface area contributed by atoms with Gasteiger partial charge in [-0.2, -0.15) is 5.10 Å². The van der Waals surface area contributed by atoms with E-state index >= 15 is 0 Å². The van der Waals surface area contributed by atoms with Crippen molar-refractivity contribution >= 4 is 68.8 Å². The molecule has 0 unspecified atom stereocenters. The molecular weight excluding hydrogens is 717 g/mol. The summed E-state index contributed by atoms with van der Waals surface area (Å²) < 4.78 is 18.2. The number of amides is 2. The summed E-state index contributed by atoms with van der Waals surface area (Å²) in [5, 5.41) is 8.22. The van der Waals surface area contributed by atoms with E-state index in [0.717, 1.165) is 11.1 Å². The predicted molar refractivity (Wildman–Crippen MR) is 185 cm³/mol. The van der Waals surface area contributed by atoms with E-state index in [0.29, 0.717) is 43.9 Å². The third-order valence-electron chi connectivity index (χ3n) is 6.53. The zero-order valence-corrected chi connectivity index (χ0v) is 28.8. The van der Waals surface area contributed by atoms with E-state index in [1.165, 1.54) is 12.3 Å². The molecule has 4 rings (SSSR count). The highest BCUT2D eigenvalue weighted by molar-refractivity contribution is 9.10. The molecule has 0 aliphatic carbocycles. The Morgan fingerprint density at radius 1 is 0.891 bits per heavy atom. The molecule has 0 fully saturated rings. The minimum Gasteiger partial charge on any atom is -0.490 e. The molecule has 4 aromatic rings. The first-order valence-corrected chi connectivity index (χ1v) is 16.2. The molecule has 0 spiro atoms. The maximum absolute atomic E-state index is 13.3. The lowest BCUT2D eigenvalue weighted by Gasteiger charge is -2.21. The second-order valence-electron chi connectivity index (χ2n) is 9.96. The summed E-state index contributed by atoms with van der Waals surface area (Å²) in [5.41, 5.74) is 4.85. The molecule has 12 heteroatoms. The zero-order chi connectivity index (χ0) is 33.1. The molecule has 2 N–H and O–H groups in total. The van der Waals surface area contributed by atoms with Gasteiger partial charge in [0.25, 0.3) is 11.8 Å². The van der Waals surface area contributed by atoms with Crippen LogP contribution in [-0.4, -0.2) is 36.8 Å². The number of nitrogens with zero attached hydrogens (tertiary/aromatic N) is 1. The smallest absolute Gasteiger partial charge is 0.262 e. The molecule has 2 amide bonds. The Kier molecular flexibility index (Phi) is 13.2. The lowest BCUT2D eigenvalue weighted by atomic mass is 10.1. The molecule has 0 aliphatic rings. The van der Waals surface area contributed by atoms with Crippen molar-refractivity contribution in [2.24, 2.45) is 5.10 Å². The third kappa shape index (κ3) is 10.1. The van der Waals surface area contributed by atoms with Gasteiger partial charge in [0.2, 0.25) is 0 Å². The number of hydrogen-bond donors (Lipinski definition) is 2. The van der Waals surface area contributed by atoms with Crippen LogP contribution in [0, 0.1) is 0 Å². The number of ether oxygens (including phenoxy) is 3. The molecule has 46 heavy (non-hydrogen) atoms. The van der Waals surface area contributed by atoms with E-state index in [1.807, 2.05) is 55.5 Å². The van der Waals surface area contributed by atoms with Crippen molar-refractivity contribution in [1.29, 1.82) is 0 Å². The monoisotopic (exact) mass is 745 g/mol. The van der Waals surface area contributed by atoms with Gasteiger partial charge in [-0.3, -0.25) is 9.59 Å². The van der Waals surface area contributed by atoms with Crippen molar-refractivity contribution in [2.75, 3.05) is 6.61 Å². The standard InChI is InChI=1S/C34H31BrCl3N3O5/c1-3-44-31-17-23(15-26(35)32(31)45-20-24-11-7-8-12-27(24)37)19-39-41-34(43)29(16-22-9-5-4-6-10-22)40-33(42)21(2)46-30-14-13-25(36)18-28(30)38/h4-15,17-19,21,29H,3,16,20H2,1-2H3,(H,40,42)(H,41,43)/b39-19-/t21-,29+/m1/s1. The molecule has 0 saturated carbocycles. The van der Waals surface area contributed by atoms with Gasteiger partial charge in [-0.1, -0.05) is 83.3 Å². The van der Waals surface area contributed by atoms with Gasteiger partial charge in [-0.05, 0) is 77.3 Å². The molecule has 0 aliphatic heterocycles. The Balaban J connectivity index is 1.45. The average Bonchev–Trinajstić information content (AvgIpc) is 3.03. The van der Waals surface area contributed by atoms with Crippen molar-refractivity contribution in [3.63, 3.8) is 0 Å². The van der Waals surface area contributed by atoms with Crippen LogP contribution >= 0.6 is 50.7 Å². The number of halogens is 4. The molecule has 8 nitrogen and oxygen atoms in total. The van der Waals surface area contributed by atoms with Gasteiger partial charge in [0.1, 0.15) is 18.4 Å². The maximum atomic E-state index is 13.3. The van der Waals surface area contributed by atoms with Crippen molar-refractivity contribution in [1.82, 2.24) is 10.7 Å². The first-order chi connectivity index (χ1) is 22.1. The molecular formula is C34H31BrCl3N3O5. The van der Waals surface area contributed by atoms with Gasteiger partial charge in [0, 0.05) is 22.0 Å². The second kappa shape index (κ2) is 17.2. The van der Waals surface area contributed by atoms with Gasteiger partial charge in [-0.25, -0.2) is 5.43 Å². The van der Waals surface area contributed by atoms with Gasteiger partial charge in [0.05, 0.1) is 22.3 Å². The SMILES string of the molecule is CCOc1cc(/C=N\NC(=O)[C@H](Cc2ccccc2)NC(=O)[C@@H](C)Oc2ccc(Cl)cc2Cl)cc(Br)c1OCc1ccccc1Cl. The highest BCUT2D eigenvalue weighted by Crippen LogP contribution is 2.37. The maximum Gasteiger partial charge on any atom is 0.262 e. The Labute approximate surface area is 291 Å². The highest BCUT2D eigenvalue weighted by Gasteiger charge is 2.25. The third-order valence-corrected chi connectivity index (χ3v) is 8.02. The number of carbonyl (C=O) groups is 2. The topological polar surface area (TPSA) is 98.2 Å². The Morgan fingerprint density at radius 2 is 1.63 bits per heavy atom. The molecule has 0 saturated heterocycles. The zero-order valence-electron chi connectivity index (χ0n) is 24.9. The molecule has 0 heterocycles. The van der Waals surface area contributed by atoms with E-state index in [1.54, 1.807) is 37.3 Å². The molecule has 2 atom stereocenters. The van der Waals surface area contributed by atoms with Crippen LogP contribution in [0.1, 0.15) is 30.5 Å². The van der Waals surface area contributed by atoms with Crippen molar-refractivity contribution < 1.29 is 23.8 Å². The van der Waals surface area contributed by atoms with Crippen LogP contribution in [0.3, 0.4) is 0 Å². The van der Waals surface area contributed by atoms with Crippen molar-refractivity contribution in [2.45, 2.75) is 39.0 Å². The van der Waals surface area contributed by atoms with E-state index in [-0.39, 0.29) is 18.1 Å². The minimum absolute atomic E-state index is 0.222. The quantitative estimate of drug-likeness (QED) is 0.101. The molecule has 4 aromatic carbocycles.